The summed E-state index contributed by atoms with van der Waals surface area (Å²) in [6.07, 6.45) is 1.59. The molecule has 0 aromatic carbocycles. The van der Waals surface area contributed by atoms with E-state index in [0.29, 0.717) is 18.8 Å². The van der Waals surface area contributed by atoms with Gasteiger partial charge in [0.2, 0.25) is 0 Å². The van der Waals surface area contributed by atoms with E-state index in [0.717, 1.165) is 11.3 Å². The highest BCUT2D eigenvalue weighted by Crippen LogP contribution is 2.20. The Hall–Kier alpha value is -1.79. The SMILES string of the molecule is Nc1cnn2c(N(CCO)CCO)cccc12. The number of pyridine rings is 1. The van der Waals surface area contributed by atoms with Gasteiger partial charge in [0.25, 0.3) is 0 Å². The maximum Gasteiger partial charge on any atom is 0.130 e. The Balaban J connectivity index is 2.44. The summed E-state index contributed by atoms with van der Waals surface area (Å²) in [7, 11) is 0. The van der Waals surface area contributed by atoms with Crippen LogP contribution in [0.4, 0.5) is 11.5 Å². The van der Waals surface area contributed by atoms with Gasteiger partial charge in [0.05, 0.1) is 30.6 Å². The summed E-state index contributed by atoms with van der Waals surface area (Å²) in [5.41, 5.74) is 7.23. The van der Waals surface area contributed by atoms with Crippen LogP contribution in [0.1, 0.15) is 0 Å². The Kier molecular flexibility index (Phi) is 3.46. The number of fused-ring (bicyclic) bond motifs is 1. The van der Waals surface area contributed by atoms with Crippen molar-refractivity contribution in [3.8, 4) is 0 Å². The zero-order chi connectivity index (χ0) is 12.3. The van der Waals surface area contributed by atoms with Crippen molar-refractivity contribution in [3.63, 3.8) is 0 Å². The van der Waals surface area contributed by atoms with Crippen LogP contribution in [-0.4, -0.2) is 46.1 Å². The Labute approximate surface area is 98.9 Å². The lowest BCUT2D eigenvalue weighted by Gasteiger charge is -2.23. The highest BCUT2D eigenvalue weighted by molar-refractivity contribution is 5.71. The molecule has 0 fully saturated rings. The molecule has 0 spiro atoms. The molecule has 0 bridgehead atoms. The van der Waals surface area contributed by atoms with Gasteiger partial charge in [-0.15, -0.1) is 0 Å². The highest BCUT2D eigenvalue weighted by atomic mass is 16.3. The molecule has 0 unspecified atom stereocenters. The lowest BCUT2D eigenvalue weighted by molar-refractivity contribution is 0.280. The number of hydrogen-bond acceptors (Lipinski definition) is 5. The molecule has 0 amide bonds. The molecule has 2 aromatic rings. The molecule has 17 heavy (non-hydrogen) atoms. The minimum absolute atomic E-state index is 0.0210. The van der Waals surface area contributed by atoms with Gasteiger partial charge in [-0.1, -0.05) is 6.07 Å². The highest BCUT2D eigenvalue weighted by Gasteiger charge is 2.11. The molecule has 2 aromatic heterocycles. The van der Waals surface area contributed by atoms with E-state index in [4.69, 9.17) is 15.9 Å². The van der Waals surface area contributed by atoms with Crippen LogP contribution in [0.25, 0.3) is 5.52 Å². The average Bonchev–Trinajstić information content (AvgIpc) is 2.71. The van der Waals surface area contributed by atoms with E-state index in [1.54, 1.807) is 10.7 Å². The first-order chi connectivity index (χ1) is 8.27. The van der Waals surface area contributed by atoms with Crippen LogP contribution < -0.4 is 10.6 Å². The lowest BCUT2D eigenvalue weighted by Crippen LogP contribution is -2.31. The Morgan fingerprint density at radius 1 is 1.24 bits per heavy atom. The molecule has 0 atom stereocenters. The summed E-state index contributed by atoms with van der Waals surface area (Å²) in [5.74, 6) is 0.808. The van der Waals surface area contributed by atoms with E-state index in [2.05, 4.69) is 5.10 Å². The second-order valence-corrected chi connectivity index (χ2v) is 3.72. The first kappa shape index (κ1) is 11.7. The van der Waals surface area contributed by atoms with Crippen LogP contribution >= 0.6 is 0 Å². The number of hydrogen-bond donors (Lipinski definition) is 3. The van der Waals surface area contributed by atoms with Crippen molar-refractivity contribution < 1.29 is 10.2 Å². The summed E-state index contributed by atoms with van der Waals surface area (Å²) in [5, 5.41) is 22.2. The second kappa shape index (κ2) is 5.03. The smallest absolute Gasteiger partial charge is 0.130 e. The lowest BCUT2D eigenvalue weighted by atomic mass is 10.3. The Morgan fingerprint density at radius 3 is 2.59 bits per heavy atom. The van der Waals surface area contributed by atoms with Crippen LogP contribution in [0, 0.1) is 0 Å². The number of nitrogen functional groups attached to an aromatic ring is 1. The Bertz CT molecular complexity index is 491. The molecular weight excluding hydrogens is 220 g/mol. The number of aliphatic hydroxyl groups is 2. The van der Waals surface area contributed by atoms with Gasteiger partial charge < -0.3 is 20.8 Å². The molecule has 92 valence electrons. The van der Waals surface area contributed by atoms with Crippen LogP contribution in [0.15, 0.2) is 24.4 Å². The molecule has 0 radical (unpaired) electrons. The minimum atomic E-state index is 0.0210. The predicted octanol–water partition coefficient (Wildman–Crippen LogP) is -0.292. The van der Waals surface area contributed by atoms with Gasteiger partial charge in [-0.3, -0.25) is 0 Å². The molecular formula is C11H16N4O2. The quantitative estimate of drug-likeness (QED) is 0.664. The number of anilines is 2. The average molecular weight is 236 g/mol. The van der Waals surface area contributed by atoms with Crippen LogP contribution in [0.5, 0.6) is 0 Å². The number of nitrogens with two attached hydrogens (primary N) is 1. The predicted molar refractivity (Wildman–Crippen MR) is 66.0 cm³/mol. The van der Waals surface area contributed by atoms with E-state index in [1.807, 2.05) is 23.1 Å². The van der Waals surface area contributed by atoms with Gasteiger partial charge in [0.15, 0.2) is 0 Å². The minimum Gasteiger partial charge on any atom is -0.396 e. The topological polar surface area (TPSA) is 87.0 Å². The van der Waals surface area contributed by atoms with E-state index < -0.39 is 0 Å². The van der Waals surface area contributed by atoms with Gasteiger partial charge in [0.1, 0.15) is 5.82 Å². The van der Waals surface area contributed by atoms with Gasteiger partial charge in [0, 0.05) is 13.1 Å². The standard InChI is InChI=1S/C11H16N4O2/c12-9-8-13-15-10(9)2-1-3-11(15)14(4-6-16)5-7-17/h1-3,8,16-17H,4-7,12H2. The molecule has 0 aliphatic carbocycles. The number of nitrogens with zero attached hydrogens (tertiary/aromatic N) is 3. The fourth-order valence-corrected chi connectivity index (χ4v) is 1.84. The fourth-order valence-electron chi connectivity index (χ4n) is 1.84. The van der Waals surface area contributed by atoms with Crippen molar-refractivity contribution in [1.29, 1.82) is 0 Å². The van der Waals surface area contributed by atoms with Crippen molar-refractivity contribution in [2.45, 2.75) is 0 Å². The maximum atomic E-state index is 9.02. The zero-order valence-electron chi connectivity index (χ0n) is 9.45. The molecule has 2 rings (SSSR count). The Morgan fingerprint density at radius 2 is 1.94 bits per heavy atom. The molecule has 4 N–H and O–H groups in total. The normalized spacial score (nSPS) is 10.9. The van der Waals surface area contributed by atoms with Crippen molar-refractivity contribution in [1.82, 2.24) is 9.61 Å². The van der Waals surface area contributed by atoms with Crippen molar-refractivity contribution in [2.24, 2.45) is 0 Å². The van der Waals surface area contributed by atoms with Crippen LogP contribution in [-0.2, 0) is 0 Å². The zero-order valence-corrected chi connectivity index (χ0v) is 9.45. The molecule has 0 aliphatic heterocycles. The van der Waals surface area contributed by atoms with E-state index in [1.165, 1.54) is 0 Å². The van der Waals surface area contributed by atoms with Gasteiger partial charge >= 0.3 is 0 Å². The van der Waals surface area contributed by atoms with E-state index in [-0.39, 0.29) is 13.2 Å². The fraction of sp³-hybridized carbons (Fsp3) is 0.364. The largest absolute Gasteiger partial charge is 0.396 e. The van der Waals surface area contributed by atoms with Crippen molar-refractivity contribution >= 4 is 17.0 Å². The molecule has 6 nitrogen and oxygen atoms in total. The van der Waals surface area contributed by atoms with E-state index >= 15 is 0 Å². The number of aromatic nitrogens is 2. The second-order valence-electron chi connectivity index (χ2n) is 3.72. The first-order valence-corrected chi connectivity index (χ1v) is 5.47. The number of rotatable bonds is 5. The van der Waals surface area contributed by atoms with Crippen molar-refractivity contribution in [3.05, 3.63) is 24.4 Å². The summed E-state index contributed by atoms with van der Waals surface area (Å²) in [4.78, 5) is 1.86. The maximum absolute atomic E-state index is 9.02. The van der Waals surface area contributed by atoms with Gasteiger partial charge in [-0.2, -0.15) is 5.10 Å². The van der Waals surface area contributed by atoms with Gasteiger partial charge in [-0.05, 0) is 12.1 Å². The summed E-state index contributed by atoms with van der Waals surface area (Å²) >= 11 is 0. The molecule has 0 aliphatic rings. The monoisotopic (exact) mass is 236 g/mol. The van der Waals surface area contributed by atoms with Crippen LogP contribution in [0.2, 0.25) is 0 Å². The molecule has 0 saturated carbocycles. The van der Waals surface area contributed by atoms with Crippen LogP contribution in [0.3, 0.4) is 0 Å². The third-order valence-corrected chi connectivity index (χ3v) is 2.62. The third-order valence-electron chi connectivity index (χ3n) is 2.62. The summed E-state index contributed by atoms with van der Waals surface area (Å²) in [6, 6.07) is 5.64. The summed E-state index contributed by atoms with van der Waals surface area (Å²) in [6.45, 7) is 0.930. The molecule has 2 heterocycles. The third kappa shape index (κ3) is 2.17. The van der Waals surface area contributed by atoms with Crippen molar-refractivity contribution in [2.75, 3.05) is 36.9 Å². The summed E-state index contributed by atoms with van der Waals surface area (Å²) < 4.78 is 1.71. The van der Waals surface area contributed by atoms with E-state index in [9.17, 15) is 0 Å². The molecule has 0 saturated heterocycles. The van der Waals surface area contributed by atoms with Gasteiger partial charge in [-0.25, -0.2) is 4.52 Å². The number of aliphatic hydroxyl groups excluding tert-OH is 2. The first-order valence-electron chi connectivity index (χ1n) is 5.47. The molecule has 6 heteroatoms.